The molecule has 0 aliphatic rings. The van der Waals surface area contributed by atoms with Gasteiger partial charge in [0.15, 0.2) is 0 Å². The van der Waals surface area contributed by atoms with E-state index in [-0.39, 0.29) is 5.69 Å². The number of aryl methyl sites for hydroxylation is 2. The van der Waals surface area contributed by atoms with E-state index in [0.717, 1.165) is 22.5 Å². The first-order valence-electron chi connectivity index (χ1n) is 6.56. The summed E-state index contributed by atoms with van der Waals surface area (Å²) in [5, 5.41) is 10.7. The van der Waals surface area contributed by atoms with Gasteiger partial charge in [-0.1, -0.05) is 0 Å². The van der Waals surface area contributed by atoms with E-state index in [9.17, 15) is 14.9 Å². The number of esters is 1. The lowest BCUT2D eigenvalue weighted by molar-refractivity contribution is -0.384. The molecule has 0 atom stereocenters. The first kappa shape index (κ1) is 14.8. The van der Waals surface area contributed by atoms with Gasteiger partial charge in [-0.2, -0.15) is 0 Å². The van der Waals surface area contributed by atoms with Crippen LogP contribution in [0.1, 0.15) is 28.7 Å². The van der Waals surface area contributed by atoms with Gasteiger partial charge in [0.05, 0.1) is 17.1 Å². The van der Waals surface area contributed by atoms with Crippen LogP contribution in [0.25, 0.3) is 11.1 Å². The summed E-state index contributed by atoms with van der Waals surface area (Å²) in [6.45, 7) is 5.70. The summed E-state index contributed by atoms with van der Waals surface area (Å²) >= 11 is 0. The fourth-order valence-corrected chi connectivity index (χ4v) is 2.35. The van der Waals surface area contributed by atoms with Gasteiger partial charge in [0, 0.05) is 29.1 Å². The lowest BCUT2D eigenvalue weighted by atomic mass is 10.0. The summed E-state index contributed by atoms with van der Waals surface area (Å²) in [6.07, 6.45) is 0. The van der Waals surface area contributed by atoms with Crippen LogP contribution < -0.4 is 0 Å². The maximum atomic E-state index is 12.1. The average molecular weight is 288 g/mol. The minimum atomic E-state index is -0.453. The molecular weight excluding hydrogens is 272 g/mol. The third-order valence-corrected chi connectivity index (χ3v) is 3.22. The van der Waals surface area contributed by atoms with E-state index in [2.05, 4.69) is 4.98 Å². The highest BCUT2D eigenvalue weighted by atomic mass is 16.6. The smallest absolute Gasteiger partial charge is 0.340 e. The Bertz CT molecular complexity index is 686. The van der Waals surface area contributed by atoms with Gasteiger partial charge in [-0.15, -0.1) is 0 Å². The molecule has 0 aliphatic carbocycles. The number of nitrogens with one attached hydrogen (secondary N) is 1. The zero-order valence-corrected chi connectivity index (χ0v) is 12.1. The molecule has 1 aromatic carbocycles. The van der Waals surface area contributed by atoms with Gasteiger partial charge in [-0.05, 0) is 38.5 Å². The van der Waals surface area contributed by atoms with Crippen LogP contribution in [-0.2, 0) is 4.74 Å². The number of nitrogens with zero attached hydrogens (tertiary/aromatic N) is 1. The average Bonchev–Trinajstić information content (AvgIpc) is 2.73. The number of non-ortho nitro benzene ring substituents is 1. The maximum absolute atomic E-state index is 12.1. The third kappa shape index (κ3) is 2.79. The van der Waals surface area contributed by atoms with Crippen molar-refractivity contribution in [2.45, 2.75) is 20.8 Å². The maximum Gasteiger partial charge on any atom is 0.340 e. The third-order valence-electron chi connectivity index (χ3n) is 3.22. The van der Waals surface area contributed by atoms with Crippen molar-refractivity contribution < 1.29 is 14.5 Å². The van der Waals surface area contributed by atoms with Crippen molar-refractivity contribution in [3.63, 3.8) is 0 Å². The molecule has 1 N–H and O–H groups in total. The Balaban J connectivity index is 2.52. The first-order valence-corrected chi connectivity index (χ1v) is 6.56. The van der Waals surface area contributed by atoms with Crippen LogP contribution in [0.3, 0.4) is 0 Å². The lowest BCUT2D eigenvalue weighted by Crippen LogP contribution is -2.06. The number of nitro benzene ring substituents is 1. The van der Waals surface area contributed by atoms with E-state index in [1.54, 1.807) is 26.0 Å². The van der Waals surface area contributed by atoms with Crippen LogP contribution in [0.5, 0.6) is 0 Å². The Morgan fingerprint density at radius 2 is 1.86 bits per heavy atom. The lowest BCUT2D eigenvalue weighted by Gasteiger charge is -2.06. The fraction of sp³-hybridized carbons (Fsp3) is 0.267. The minimum absolute atomic E-state index is 0.0151. The number of carbonyl (C=O) groups is 1. The minimum Gasteiger partial charge on any atom is -0.462 e. The van der Waals surface area contributed by atoms with Crippen LogP contribution in [0.15, 0.2) is 24.3 Å². The molecule has 0 amide bonds. The summed E-state index contributed by atoms with van der Waals surface area (Å²) < 4.78 is 5.08. The highest BCUT2D eigenvalue weighted by Crippen LogP contribution is 2.31. The van der Waals surface area contributed by atoms with E-state index < -0.39 is 10.9 Å². The Labute approximate surface area is 121 Å². The molecule has 0 saturated carbocycles. The number of carbonyl (C=O) groups excluding carboxylic acids is 1. The normalized spacial score (nSPS) is 10.4. The van der Waals surface area contributed by atoms with Crippen molar-refractivity contribution in [2.75, 3.05) is 6.61 Å². The number of aromatic nitrogens is 1. The molecule has 0 aliphatic heterocycles. The van der Waals surface area contributed by atoms with E-state index in [1.165, 1.54) is 12.1 Å². The number of aromatic amines is 1. The van der Waals surface area contributed by atoms with Gasteiger partial charge in [0.1, 0.15) is 0 Å². The van der Waals surface area contributed by atoms with Gasteiger partial charge in [-0.25, -0.2) is 4.79 Å². The number of hydrogen-bond donors (Lipinski definition) is 1. The highest BCUT2D eigenvalue weighted by Gasteiger charge is 2.21. The van der Waals surface area contributed by atoms with Crippen molar-refractivity contribution >= 4 is 11.7 Å². The van der Waals surface area contributed by atoms with Gasteiger partial charge in [0.25, 0.3) is 5.69 Å². The van der Waals surface area contributed by atoms with Gasteiger partial charge in [0.2, 0.25) is 0 Å². The molecule has 1 heterocycles. The zero-order chi connectivity index (χ0) is 15.6. The zero-order valence-electron chi connectivity index (χ0n) is 12.1. The van der Waals surface area contributed by atoms with Crippen molar-refractivity contribution in [1.82, 2.24) is 4.98 Å². The second kappa shape index (κ2) is 5.78. The summed E-state index contributed by atoms with van der Waals surface area (Å²) in [6, 6.07) is 6.12. The summed E-state index contributed by atoms with van der Waals surface area (Å²) in [4.78, 5) is 25.5. The molecule has 1 aromatic heterocycles. The predicted molar refractivity (Wildman–Crippen MR) is 78.3 cm³/mol. The standard InChI is InChI=1S/C15H16N2O4/c1-4-21-15(18)14-10(3)16-9(2)13(14)11-5-7-12(8-6-11)17(19)20/h5-8,16H,4H2,1-3H3. The van der Waals surface area contributed by atoms with Gasteiger partial charge < -0.3 is 9.72 Å². The topological polar surface area (TPSA) is 85.2 Å². The number of hydrogen-bond acceptors (Lipinski definition) is 4. The molecule has 6 heteroatoms. The molecule has 2 rings (SSSR count). The molecule has 2 aromatic rings. The quantitative estimate of drug-likeness (QED) is 0.531. The molecule has 0 fully saturated rings. The molecule has 0 radical (unpaired) electrons. The van der Waals surface area contributed by atoms with E-state index in [1.807, 2.05) is 6.92 Å². The Kier molecular flexibility index (Phi) is 4.07. The highest BCUT2D eigenvalue weighted by molar-refractivity contribution is 5.99. The van der Waals surface area contributed by atoms with Crippen molar-refractivity contribution in [1.29, 1.82) is 0 Å². The molecule has 0 bridgehead atoms. The van der Waals surface area contributed by atoms with Crippen LogP contribution in [0.4, 0.5) is 5.69 Å². The second-order valence-electron chi connectivity index (χ2n) is 4.65. The van der Waals surface area contributed by atoms with Crippen LogP contribution in [0, 0.1) is 24.0 Å². The predicted octanol–water partition coefficient (Wildman–Crippen LogP) is 3.38. The molecule has 0 saturated heterocycles. The molecule has 6 nitrogen and oxygen atoms in total. The van der Waals surface area contributed by atoms with Crippen molar-refractivity contribution in [3.05, 3.63) is 51.3 Å². The number of benzene rings is 1. The summed E-state index contributed by atoms with van der Waals surface area (Å²) in [5.41, 5.74) is 3.50. The van der Waals surface area contributed by atoms with E-state index in [4.69, 9.17) is 4.74 Å². The number of ether oxygens (including phenoxy) is 1. The van der Waals surface area contributed by atoms with E-state index >= 15 is 0 Å². The molecule has 0 unspecified atom stereocenters. The van der Waals surface area contributed by atoms with Gasteiger partial charge in [-0.3, -0.25) is 10.1 Å². The number of rotatable bonds is 4. The summed E-state index contributed by atoms with van der Waals surface area (Å²) in [5.74, 6) is -0.396. The Morgan fingerprint density at radius 1 is 1.24 bits per heavy atom. The van der Waals surface area contributed by atoms with Crippen LogP contribution in [-0.4, -0.2) is 22.5 Å². The molecule has 110 valence electrons. The largest absolute Gasteiger partial charge is 0.462 e. The molecule has 0 spiro atoms. The fourth-order valence-electron chi connectivity index (χ4n) is 2.35. The van der Waals surface area contributed by atoms with E-state index in [0.29, 0.717) is 12.2 Å². The second-order valence-corrected chi connectivity index (χ2v) is 4.65. The number of H-pyrrole nitrogens is 1. The Hall–Kier alpha value is -2.63. The summed E-state index contributed by atoms with van der Waals surface area (Å²) in [7, 11) is 0. The first-order chi connectivity index (χ1) is 9.95. The SMILES string of the molecule is CCOC(=O)c1c(C)[nH]c(C)c1-c1ccc([N+](=O)[O-])cc1. The monoisotopic (exact) mass is 288 g/mol. The number of nitro groups is 1. The molecule has 21 heavy (non-hydrogen) atoms. The van der Waals surface area contributed by atoms with Crippen molar-refractivity contribution in [3.8, 4) is 11.1 Å². The van der Waals surface area contributed by atoms with Gasteiger partial charge >= 0.3 is 5.97 Å². The van der Waals surface area contributed by atoms with Crippen LogP contribution >= 0.6 is 0 Å². The van der Waals surface area contributed by atoms with Crippen LogP contribution in [0.2, 0.25) is 0 Å². The Morgan fingerprint density at radius 3 is 2.38 bits per heavy atom. The molecular formula is C15H16N2O4. The van der Waals surface area contributed by atoms with Crippen molar-refractivity contribution in [2.24, 2.45) is 0 Å².